The normalized spacial score (nSPS) is 12.5. The molecule has 0 spiro atoms. The Morgan fingerprint density at radius 1 is 1.33 bits per heavy atom. The summed E-state index contributed by atoms with van der Waals surface area (Å²) in [4.78, 5) is 24.8. The molecule has 94 valence electrons. The zero-order chi connectivity index (χ0) is 13.3. The number of aromatic nitrogens is 1. The van der Waals surface area contributed by atoms with Crippen LogP contribution >= 0.6 is 11.6 Å². The lowest BCUT2D eigenvalue weighted by Gasteiger charge is -2.08. The van der Waals surface area contributed by atoms with E-state index < -0.39 is 24.3 Å². The maximum atomic E-state index is 11.2. The van der Waals surface area contributed by atoms with Gasteiger partial charge < -0.3 is 15.2 Å². The Kier molecular flexibility index (Phi) is 3.25. The number of fused-ring (bicyclic) bond motifs is 1. The molecule has 5 nitrogen and oxygen atoms in total. The van der Waals surface area contributed by atoms with Crippen LogP contribution in [-0.4, -0.2) is 27.1 Å². The Bertz CT molecular complexity index is 620. The predicted molar refractivity (Wildman–Crippen MR) is 65.9 cm³/mol. The van der Waals surface area contributed by atoms with Gasteiger partial charge in [-0.3, -0.25) is 9.59 Å². The van der Waals surface area contributed by atoms with Gasteiger partial charge in [-0.25, -0.2) is 0 Å². The van der Waals surface area contributed by atoms with E-state index in [1.54, 1.807) is 18.2 Å². The lowest BCUT2D eigenvalue weighted by molar-refractivity contribution is -0.145. The molecule has 0 aliphatic heterocycles. The summed E-state index contributed by atoms with van der Waals surface area (Å²) in [5, 5.41) is 19.0. The monoisotopic (exact) mass is 267 g/mol. The molecule has 0 amide bonds. The van der Waals surface area contributed by atoms with E-state index in [0.717, 1.165) is 5.52 Å². The lowest BCUT2D eigenvalue weighted by atomic mass is 9.95. The van der Waals surface area contributed by atoms with E-state index >= 15 is 0 Å². The average molecular weight is 268 g/mol. The fraction of sp³-hybridized carbons (Fsp3) is 0.167. The number of halogens is 1. The van der Waals surface area contributed by atoms with E-state index in [-0.39, 0.29) is 0 Å². The number of carboxylic acid groups (broad SMARTS) is 2. The highest BCUT2D eigenvalue weighted by molar-refractivity contribution is 6.31. The van der Waals surface area contributed by atoms with Crippen molar-refractivity contribution in [3.05, 3.63) is 35.0 Å². The van der Waals surface area contributed by atoms with E-state index in [9.17, 15) is 9.59 Å². The van der Waals surface area contributed by atoms with E-state index in [4.69, 9.17) is 21.8 Å². The molecular formula is C12H10ClNO4. The number of benzene rings is 1. The van der Waals surface area contributed by atoms with Gasteiger partial charge in [0.2, 0.25) is 0 Å². The molecule has 1 unspecified atom stereocenters. The molecule has 1 heterocycles. The van der Waals surface area contributed by atoms with Crippen molar-refractivity contribution in [2.24, 2.45) is 0 Å². The second-order valence-electron chi connectivity index (χ2n) is 3.92. The molecule has 0 radical (unpaired) electrons. The van der Waals surface area contributed by atoms with Crippen LogP contribution in [0.1, 0.15) is 17.9 Å². The van der Waals surface area contributed by atoms with Crippen LogP contribution in [-0.2, 0) is 9.59 Å². The number of carbonyl (C=O) groups is 2. The minimum atomic E-state index is -1.17. The maximum absolute atomic E-state index is 11.2. The molecule has 0 saturated heterocycles. The van der Waals surface area contributed by atoms with Crippen molar-refractivity contribution in [3.8, 4) is 0 Å². The molecule has 18 heavy (non-hydrogen) atoms. The van der Waals surface area contributed by atoms with Gasteiger partial charge in [-0.2, -0.15) is 0 Å². The number of hydrogen-bond acceptors (Lipinski definition) is 2. The van der Waals surface area contributed by atoms with Gasteiger partial charge in [-0.15, -0.1) is 0 Å². The second kappa shape index (κ2) is 4.70. The van der Waals surface area contributed by atoms with Crippen molar-refractivity contribution in [2.45, 2.75) is 12.3 Å². The standard InChI is InChI=1S/C12H10ClNO4/c13-6-1-2-10-7(3-6)9(5-14-10)8(12(17)18)4-11(15)16/h1-3,5,8,14H,4H2,(H,15,16)(H,17,18). The molecule has 6 heteroatoms. The largest absolute Gasteiger partial charge is 0.481 e. The maximum Gasteiger partial charge on any atom is 0.311 e. The van der Waals surface area contributed by atoms with Crippen LogP contribution in [0, 0.1) is 0 Å². The Morgan fingerprint density at radius 3 is 2.67 bits per heavy atom. The first-order valence-corrected chi connectivity index (χ1v) is 5.58. The third-order valence-corrected chi connectivity index (χ3v) is 2.96. The molecule has 0 saturated carbocycles. The summed E-state index contributed by atoms with van der Waals surface area (Å²) in [7, 11) is 0. The van der Waals surface area contributed by atoms with Crippen molar-refractivity contribution in [3.63, 3.8) is 0 Å². The van der Waals surface area contributed by atoms with E-state index in [0.29, 0.717) is 16.0 Å². The molecule has 1 aromatic heterocycles. The van der Waals surface area contributed by atoms with Crippen molar-refractivity contribution in [2.75, 3.05) is 0 Å². The smallest absolute Gasteiger partial charge is 0.311 e. The summed E-state index contributed by atoms with van der Waals surface area (Å²) >= 11 is 5.86. The number of H-pyrrole nitrogens is 1. The first kappa shape index (κ1) is 12.4. The summed E-state index contributed by atoms with van der Waals surface area (Å²) in [6.07, 6.45) is 1.05. The number of aromatic amines is 1. The van der Waals surface area contributed by atoms with Crippen molar-refractivity contribution in [1.29, 1.82) is 0 Å². The SMILES string of the molecule is O=C(O)CC(C(=O)O)c1c[nH]c2ccc(Cl)cc12. The molecule has 2 aromatic rings. The highest BCUT2D eigenvalue weighted by atomic mass is 35.5. The zero-order valence-corrected chi connectivity index (χ0v) is 9.94. The fourth-order valence-corrected chi connectivity index (χ4v) is 2.08. The van der Waals surface area contributed by atoms with Crippen molar-refractivity contribution < 1.29 is 19.8 Å². The number of aliphatic carboxylic acids is 2. The van der Waals surface area contributed by atoms with Crippen LogP contribution in [0.2, 0.25) is 5.02 Å². The van der Waals surface area contributed by atoms with Crippen LogP contribution in [0.5, 0.6) is 0 Å². The molecule has 0 bridgehead atoms. The van der Waals surface area contributed by atoms with Crippen LogP contribution in [0.3, 0.4) is 0 Å². The van der Waals surface area contributed by atoms with Crippen LogP contribution in [0.15, 0.2) is 24.4 Å². The summed E-state index contributed by atoms with van der Waals surface area (Å²) in [5.41, 5.74) is 1.16. The Balaban J connectivity index is 2.53. The molecule has 0 fully saturated rings. The molecule has 1 aromatic carbocycles. The van der Waals surface area contributed by atoms with Crippen molar-refractivity contribution in [1.82, 2.24) is 4.98 Å². The van der Waals surface area contributed by atoms with E-state index in [1.807, 2.05) is 0 Å². The van der Waals surface area contributed by atoms with Crippen molar-refractivity contribution >= 4 is 34.4 Å². The number of hydrogen-bond donors (Lipinski definition) is 3. The van der Waals surface area contributed by atoms with Gasteiger partial charge in [0.25, 0.3) is 0 Å². The topological polar surface area (TPSA) is 90.4 Å². The highest BCUT2D eigenvalue weighted by Gasteiger charge is 2.25. The third kappa shape index (κ3) is 2.31. The van der Waals surface area contributed by atoms with Gasteiger partial charge in [0, 0.05) is 22.1 Å². The quantitative estimate of drug-likeness (QED) is 0.794. The molecule has 1 atom stereocenters. The minimum absolute atomic E-state index is 0.433. The molecule has 0 aliphatic rings. The number of rotatable bonds is 4. The van der Waals surface area contributed by atoms with Gasteiger partial charge in [-0.1, -0.05) is 11.6 Å². The Labute approximate surface area is 107 Å². The minimum Gasteiger partial charge on any atom is -0.481 e. The van der Waals surface area contributed by atoms with Crippen LogP contribution in [0.25, 0.3) is 10.9 Å². The van der Waals surface area contributed by atoms with Crippen LogP contribution in [0.4, 0.5) is 0 Å². The van der Waals surface area contributed by atoms with E-state index in [1.165, 1.54) is 6.20 Å². The lowest BCUT2D eigenvalue weighted by Crippen LogP contribution is -2.15. The summed E-state index contributed by atoms with van der Waals surface area (Å²) < 4.78 is 0. The zero-order valence-electron chi connectivity index (χ0n) is 9.18. The second-order valence-corrected chi connectivity index (χ2v) is 4.36. The van der Waals surface area contributed by atoms with Gasteiger partial charge in [0.1, 0.15) is 0 Å². The first-order chi connectivity index (χ1) is 8.49. The summed E-state index contributed by atoms with van der Waals surface area (Å²) in [6, 6.07) is 5.03. The van der Waals surface area contributed by atoms with Gasteiger partial charge in [0.15, 0.2) is 0 Å². The van der Waals surface area contributed by atoms with Gasteiger partial charge in [0.05, 0.1) is 12.3 Å². The summed E-state index contributed by atoms with van der Waals surface area (Å²) in [6.45, 7) is 0. The van der Waals surface area contributed by atoms with Crippen LogP contribution < -0.4 is 0 Å². The predicted octanol–water partition coefficient (Wildman–Crippen LogP) is 2.46. The molecule has 2 rings (SSSR count). The average Bonchev–Trinajstić information content (AvgIpc) is 2.68. The van der Waals surface area contributed by atoms with Gasteiger partial charge >= 0.3 is 11.9 Å². The third-order valence-electron chi connectivity index (χ3n) is 2.73. The number of nitrogens with one attached hydrogen (secondary N) is 1. The first-order valence-electron chi connectivity index (χ1n) is 5.20. The Hall–Kier alpha value is -2.01. The van der Waals surface area contributed by atoms with Gasteiger partial charge in [-0.05, 0) is 23.8 Å². The number of carboxylic acids is 2. The molecule has 0 aliphatic carbocycles. The Morgan fingerprint density at radius 2 is 2.06 bits per heavy atom. The fourth-order valence-electron chi connectivity index (χ4n) is 1.91. The molecule has 3 N–H and O–H groups in total. The summed E-state index contributed by atoms with van der Waals surface area (Å²) in [5.74, 6) is -3.41. The molecular weight excluding hydrogens is 258 g/mol. The van der Waals surface area contributed by atoms with E-state index in [2.05, 4.69) is 4.98 Å². The highest BCUT2D eigenvalue weighted by Crippen LogP contribution is 2.30.